The fourth-order valence-electron chi connectivity index (χ4n) is 5.34. The highest BCUT2D eigenvalue weighted by Crippen LogP contribution is 2.37. The van der Waals surface area contributed by atoms with Crippen LogP contribution in [0.25, 0.3) is 0 Å². The van der Waals surface area contributed by atoms with Crippen molar-refractivity contribution in [2.24, 2.45) is 5.92 Å². The van der Waals surface area contributed by atoms with Crippen LogP contribution in [0.4, 0.5) is 11.4 Å². The summed E-state index contributed by atoms with van der Waals surface area (Å²) in [7, 11) is 5.88. The van der Waals surface area contributed by atoms with Crippen molar-refractivity contribution >= 4 is 29.0 Å². The van der Waals surface area contributed by atoms with Crippen LogP contribution in [0.1, 0.15) is 49.4 Å². The molecule has 2 aromatic rings. The van der Waals surface area contributed by atoms with E-state index in [2.05, 4.69) is 109 Å². The third-order valence-electron chi connectivity index (χ3n) is 7.15. The molecule has 36 heavy (non-hydrogen) atoms. The number of fused-ring (bicyclic) bond motifs is 1. The lowest BCUT2D eigenvalue weighted by molar-refractivity contribution is -0.512. The minimum Gasteiger partial charge on any atom is -0.469 e. The van der Waals surface area contributed by atoms with Crippen LogP contribution >= 0.6 is 0 Å². The van der Waals surface area contributed by atoms with Gasteiger partial charge in [-0.2, -0.15) is 9.80 Å². The minimum absolute atomic E-state index is 0.00463. The summed E-state index contributed by atoms with van der Waals surface area (Å²) in [4.78, 5) is 15.4. The first kappa shape index (κ1) is 27.4. The van der Waals surface area contributed by atoms with Gasteiger partial charge in [-0.25, -0.2) is 0 Å². The molecular formula is C30H44N4O2+2. The molecule has 6 heteroatoms. The van der Waals surface area contributed by atoms with Gasteiger partial charge in [-0.05, 0) is 49.9 Å². The quantitative estimate of drug-likeness (QED) is 0.452. The summed E-state index contributed by atoms with van der Waals surface area (Å²) >= 11 is 0. The van der Waals surface area contributed by atoms with E-state index in [4.69, 9.17) is 0 Å². The van der Waals surface area contributed by atoms with Crippen LogP contribution in [0.2, 0.25) is 0 Å². The van der Waals surface area contributed by atoms with Gasteiger partial charge in [0.15, 0.2) is 0 Å². The maximum Gasteiger partial charge on any atom is 0.371 e. The Kier molecular flexibility index (Phi) is 8.59. The van der Waals surface area contributed by atoms with Crippen LogP contribution in [0.5, 0.6) is 0 Å². The number of benzene rings is 2. The second-order valence-electron chi connectivity index (χ2n) is 10.4. The van der Waals surface area contributed by atoms with Gasteiger partial charge in [0, 0.05) is 13.3 Å². The number of aryl methyl sites for hydroxylation is 4. The van der Waals surface area contributed by atoms with Crippen molar-refractivity contribution < 1.29 is 18.7 Å². The number of hydrogen-bond donors (Lipinski definition) is 0. The number of esters is 1. The van der Waals surface area contributed by atoms with E-state index in [0.29, 0.717) is 0 Å². The SMILES string of the molecule is COC(=O)C(C)C.Cc1cccc(C)c1N1C2=[N+](C)CCC[N+](C)=C2N(c2c(C)cccc2C)C1C. The topological polar surface area (TPSA) is 38.8 Å². The lowest BCUT2D eigenvalue weighted by Crippen LogP contribution is -2.41. The summed E-state index contributed by atoms with van der Waals surface area (Å²) in [6, 6.07) is 13.3. The van der Waals surface area contributed by atoms with Gasteiger partial charge in [-0.3, -0.25) is 13.9 Å². The van der Waals surface area contributed by atoms with Gasteiger partial charge in [-0.15, -0.1) is 0 Å². The lowest BCUT2D eigenvalue weighted by atomic mass is 10.1. The average Bonchev–Trinajstić information content (AvgIpc) is 3.02. The fourth-order valence-corrected chi connectivity index (χ4v) is 5.34. The Morgan fingerprint density at radius 2 is 1.19 bits per heavy atom. The maximum absolute atomic E-state index is 10.3. The molecule has 0 radical (unpaired) electrons. The minimum atomic E-state index is -0.153. The zero-order valence-electron chi connectivity index (χ0n) is 23.8. The van der Waals surface area contributed by atoms with E-state index < -0.39 is 0 Å². The summed E-state index contributed by atoms with van der Waals surface area (Å²) in [6.45, 7) is 17.0. The number of amidine groups is 2. The van der Waals surface area contributed by atoms with Crippen molar-refractivity contribution in [2.45, 2.75) is 61.1 Å². The highest BCUT2D eigenvalue weighted by atomic mass is 16.5. The first-order chi connectivity index (χ1) is 17.0. The molecule has 0 N–H and O–H groups in total. The Morgan fingerprint density at radius 3 is 1.47 bits per heavy atom. The third-order valence-corrected chi connectivity index (χ3v) is 7.15. The molecule has 0 atom stereocenters. The second kappa shape index (κ2) is 11.3. The second-order valence-corrected chi connectivity index (χ2v) is 10.4. The zero-order chi connectivity index (χ0) is 26.7. The summed E-state index contributed by atoms with van der Waals surface area (Å²) in [5.41, 5.74) is 7.98. The van der Waals surface area contributed by atoms with Crippen LogP contribution in [0, 0.1) is 33.6 Å². The normalized spacial score (nSPS) is 16.2. The molecule has 0 unspecified atom stereocenters. The zero-order valence-corrected chi connectivity index (χ0v) is 23.8. The number of anilines is 2. The summed E-state index contributed by atoms with van der Waals surface area (Å²) in [6.07, 6.45) is 1.36. The van der Waals surface area contributed by atoms with Crippen LogP contribution in [-0.4, -0.2) is 67.3 Å². The van der Waals surface area contributed by atoms with Crippen LogP contribution < -0.4 is 9.80 Å². The smallest absolute Gasteiger partial charge is 0.371 e. The van der Waals surface area contributed by atoms with Crippen LogP contribution in [0.3, 0.4) is 0 Å². The molecule has 2 aromatic carbocycles. The number of nitrogens with zero attached hydrogens (tertiary/aromatic N) is 4. The Labute approximate surface area is 217 Å². The molecule has 0 spiro atoms. The molecule has 2 aliphatic rings. The summed E-state index contributed by atoms with van der Waals surface area (Å²) < 4.78 is 9.28. The number of carbonyl (C=O) groups is 1. The number of ether oxygens (including phenoxy) is 1. The maximum atomic E-state index is 10.3. The number of methoxy groups -OCH3 is 1. The molecular weight excluding hydrogens is 448 g/mol. The van der Waals surface area contributed by atoms with Crippen molar-refractivity contribution in [1.82, 2.24) is 0 Å². The lowest BCUT2D eigenvalue weighted by Gasteiger charge is -2.23. The van der Waals surface area contributed by atoms with E-state index in [1.807, 2.05) is 0 Å². The first-order valence-electron chi connectivity index (χ1n) is 13.0. The Morgan fingerprint density at radius 1 is 0.833 bits per heavy atom. The van der Waals surface area contributed by atoms with Gasteiger partial charge in [0.2, 0.25) is 6.17 Å². The number of carbonyl (C=O) groups excluding carboxylic acids is 1. The van der Waals surface area contributed by atoms with Crippen LogP contribution in [0.15, 0.2) is 36.4 Å². The van der Waals surface area contributed by atoms with E-state index in [-0.39, 0.29) is 18.1 Å². The molecule has 0 aliphatic carbocycles. The van der Waals surface area contributed by atoms with E-state index >= 15 is 0 Å². The van der Waals surface area contributed by atoms with E-state index in [0.717, 1.165) is 19.5 Å². The van der Waals surface area contributed by atoms with E-state index in [1.54, 1.807) is 13.8 Å². The average molecular weight is 493 g/mol. The largest absolute Gasteiger partial charge is 0.469 e. The molecule has 2 aliphatic heterocycles. The molecule has 0 saturated carbocycles. The predicted octanol–water partition coefficient (Wildman–Crippen LogP) is 4.89. The Balaban J connectivity index is 0.000000454. The predicted molar refractivity (Wildman–Crippen MR) is 150 cm³/mol. The molecule has 4 rings (SSSR count). The first-order valence-corrected chi connectivity index (χ1v) is 13.0. The Hall–Kier alpha value is -3.15. The van der Waals surface area contributed by atoms with Crippen LogP contribution in [-0.2, 0) is 9.53 Å². The Bertz CT molecular complexity index is 1070. The molecule has 0 amide bonds. The van der Waals surface area contributed by atoms with Crippen molar-refractivity contribution in [3.05, 3.63) is 58.7 Å². The van der Waals surface area contributed by atoms with Gasteiger partial charge in [0.25, 0.3) is 0 Å². The highest BCUT2D eigenvalue weighted by Gasteiger charge is 2.57. The molecule has 0 bridgehead atoms. The van der Waals surface area contributed by atoms with Crippen molar-refractivity contribution in [1.29, 1.82) is 0 Å². The molecule has 1 fully saturated rings. The molecule has 2 heterocycles. The van der Waals surface area contributed by atoms with Crippen molar-refractivity contribution in [3.63, 3.8) is 0 Å². The molecule has 6 nitrogen and oxygen atoms in total. The molecule has 0 aromatic heterocycles. The van der Waals surface area contributed by atoms with Gasteiger partial charge in [0.1, 0.15) is 11.4 Å². The number of para-hydroxylation sites is 2. The summed E-state index contributed by atoms with van der Waals surface area (Å²) in [5.74, 6) is 2.49. The fraction of sp³-hybridized carbons (Fsp3) is 0.500. The number of rotatable bonds is 3. The monoisotopic (exact) mass is 492 g/mol. The number of hydrogen-bond acceptors (Lipinski definition) is 4. The molecule has 1 saturated heterocycles. The third kappa shape index (κ3) is 5.18. The van der Waals surface area contributed by atoms with E-state index in [1.165, 1.54) is 52.4 Å². The van der Waals surface area contributed by atoms with E-state index in [9.17, 15) is 4.79 Å². The van der Waals surface area contributed by atoms with Gasteiger partial charge >= 0.3 is 17.6 Å². The van der Waals surface area contributed by atoms with Gasteiger partial charge < -0.3 is 4.74 Å². The highest BCUT2D eigenvalue weighted by molar-refractivity contribution is 6.49. The van der Waals surface area contributed by atoms with Gasteiger partial charge in [0.05, 0.1) is 40.2 Å². The van der Waals surface area contributed by atoms with Crippen molar-refractivity contribution in [3.8, 4) is 0 Å². The van der Waals surface area contributed by atoms with Crippen molar-refractivity contribution in [2.75, 3.05) is 44.1 Å². The molecule has 194 valence electrons. The summed E-state index contributed by atoms with van der Waals surface area (Å²) in [5, 5.41) is 0. The standard InChI is InChI=1S/C25H34N4.C5H10O2/c1-17-11-8-12-18(2)22(17)28-21(5)29(23-19(3)13-9-14-20(23)4)25-24(28)26(6)15-10-16-27(25)7;1-4(2)5(6)7-3/h8-9,11-14,21H,10,15-16H2,1-7H3;4H,1-3H3/q+2;. The van der Waals surface area contributed by atoms with Gasteiger partial charge in [-0.1, -0.05) is 50.2 Å².